The Bertz CT molecular complexity index is 516. The quantitative estimate of drug-likeness (QED) is 0.740. The number of nitrogens with zero attached hydrogens (tertiary/aromatic N) is 2. The predicted molar refractivity (Wildman–Crippen MR) is 77.1 cm³/mol. The van der Waals surface area contributed by atoms with E-state index in [1.807, 2.05) is 18.2 Å². The van der Waals surface area contributed by atoms with Gasteiger partial charge in [0.15, 0.2) is 0 Å². The number of hydrogen-bond donors (Lipinski definition) is 0. The molecule has 0 unspecified atom stereocenters. The lowest BCUT2D eigenvalue weighted by Crippen LogP contribution is -1.84. The maximum Gasteiger partial charge on any atom is 0.149 e. The summed E-state index contributed by atoms with van der Waals surface area (Å²) in [7, 11) is 0. The van der Waals surface area contributed by atoms with E-state index in [4.69, 9.17) is 23.2 Å². The van der Waals surface area contributed by atoms with Crippen molar-refractivity contribution in [2.45, 2.75) is 12.8 Å². The second-order valence-electron chi connectivity index (χ2n) is 3.39. The van der Waals surface area contributed by atoms with E-state index >= 15 is 0 Å². The molecule has 0 radical (unpaired) electrons. The Labute approximate surface area is 122 Å². The molecule has 0 saturated carbocycles. The molecule has 0 aliphatic rings. The predicted octanol–water partition coefficient (Wildman–Crippen LogP) is 4.79. The Balaban J connectivity index is 2.27. The highest BCUT2D eigenvalue weighted by atomic mass is 79.9. The summed E-state index contributed by atoms with van der Waals surface area (Å²) in [5.41, 5.74) is 0.913. The van der Waals surface area contributed by atoms with E-state index in [1.54, 1.807) is 11.3 Å². The topological polar surface area (TPSA) is 25.8 Å². The highest BCUT2D eigenvalue weighted by Crippen LogP contribution is 2.35. The average Bonchev–Trinajstić information content (AvgIpc) is 2.78. The van der Waals surface area contributed by atoms with Gasteiger partial charge >= 0.3 is 0 Å². The van der Waals surface area contributed by atoms with Crippen LogP contribution < -0.4 is 0 Å². The minimum atomic E-state index is 0.645. The zero-order valence-electron chi connectivity index (χ0n) is 8.79. The largest absolute Gasteiger partial charge is 0.149 e. The molecule has 0 atom stereocenters. The van der Waals surface area contributed by atoms with Crippen LogP contribution in [0.2, 0.25) is 5.02 Å². The second kappa shape index (κ2) is 6.14. The Kier molecular flexibility index (Phi) is 4.79. The number of alkyl halides is 1. The molecule has 6 heteroatoms. The zero-order chi connectivity index (χ0) is 12.3. The van der Waals surface area contributed by atoms with Crippen molar-refractivity contribution in [2.24, 2.45) is 0 Å². The molecule has 0 amide bonds. The van der Waals surface area contributed by atoms with Gasteiger partial charge in [0.25, 0.3) is 0 Å². The van der Waals surface area contributed by atoms with Crippen LogP contribution >= 0.6 is 50.5 Å². The lowest BCUT2D eigenvalue weighted by Gasteiger charge is -2.00. The third kappa shape index (κ3) is 3.19. The Morgan fingerprint density at radius 2 is 2.12 bits per heavy atom. The Morgan fingerprint density at radius 1 is 1.29 bits per heavy atom. The first-order valence-electron chi connectivity index (χ1n) is 5.05. The van der Waals surface area contributed by atoms with E-state index in [0.29, 0.717) is 10.9 Å². The molecule has 2 rings (SSSR count). The van der Waals surface area contributed by atoms with Gasteiger partial charge in [-0.3, -0.25) is 0 Å². The number of rotatable bonds is 4. The standard InChI is InChI=1S/C11H9BrCl2N2S/c12-8-4-1-3-7(10(8)14)11-16-15-9(17-11)5-2-6-13/h1,3-4H,2,5-6H2. The average molecular weight is 352 g/mol. The van der Waals surface area contributed by atoms with E-state index in [-0.39, 0.29) is 0 Å². The van der Waals surface area contributed by atoms with Gasteiger partial charge in [0, 0.05) is 22.3 Å². The fraction of sp³-hybridized carbons (Fsp3) is 0.273. The van der Waals surface area contributed by atoms with Crippen LogP contribution in [-0.4, -0.2) is 16.1 Å². The monoisotopic (exact) mass is 350 g/mol. The van der Waals surface area contributed by atoms with Gasteiger partial charge in [0.05, 0.1) is 5.02 Å². The third-order valence-corrected chi connectivity index (χ3v) is 4.75. The molecule has 2 aromatic rings. The van der Waals surface area contributed by atoms with Crippen LogP contribution in [-0.2, 0) is 6.42 Å². The molecule has 1 aromatic heterocycles. The van der Waals surface area contributed by atoms with Gasteiger partial charge in [-0.2, -0.15) is 0 Å². The summed E-state index contributed by atoms with van der Waals surface area (Å²) >= 11 is 16.8. The molecule has 0 N–H and O–H groups in total. The summed E-state index contributed by atoms with van der Waals surface area (Å²) < 4.78 is 0.870. The summed E-state index contributed by atoms with van der Waals surface area (Å²) in [6.07, 6.45) is 1.79. The van der Waals surface area contributed by atoms with Crippen molar-refractivity contribution in [2.75, 3.05) is 5.88 Å². The number of hydrogen-bond acceptors (Lipinski definition) is 3. The molecule has 0 aliphatic heterocycles. The molecular formula is C11H9BrCl2N2S. The maximum atomic E-state index is 6.21. The molecule has 0 aliphatic carbocycles. The molecule has 2 nitrogen and oxygen atoms in total. The Morgan fingerprint density at radius 3 is 2.88 bits per heavy atom. The molecule has 17 heavy (non-hydrogen) atoms. The van der Waals surface area contributed by atoms with Gasteiger partial charge in [-0.15, -0.1) is 21.8 Å². The molecule has 0 fully saturated rings. The SMILES string of the molecule is ClCCCc1nnc(-c2cccc(Br)c2Cl)s1. The van der Waals surface area contributed by atoms with E-state index in [2.05, 4.69) is 26.1 Å². The van der Waals surface area contributed by atoms with Crippen molar-refractivity contribution in [3.8, 4) is 10.6 Å². The van der Waals surface area contributed by atoms with Crippen LogP contribution in [0.1, 0.15) is 11.4 Å². The highest BCUT2D eigenvalue weighted by molar-refractivity contribution is 9.10. The summed E-state index contributed by atoms with van der Waals surface area (Å²) in [5.74, 6) is 0.645. The van der Waals surface area contributed by atoms with Gasteiger partial charge < -0.3 is 0 Å². The molecule has 90 valence electrons. The van der Waals surface area contributed by atoms with Crippen LogP contribution in [0.4, 0.5) is 0 Å². The number of benzene rings is 1. The summed E-state index contributed by atoms with van der Waals surface area (Å²) in [6, 6.07) is 5.78. The summed E-state index contributed by atoms with van der Waals surface area (Å²) in [5, 5.41) is 10.8. The fourth-order valence-electron chi connectivity index (χ4n) is 1.35. The molecule has 0 bridgehead atoms. The zero-order valence-corrected chi connectivity index (χ0v) is 12.7. The van der Waals surface area contributed by atoms with Crippen molar-refractivity contribution >= 4 is 50.5 Å². The van der Waals surface area contributed by atoms with E-state index in [1.165, 1.54) is 0 Å². The van der Waals surface area contributed by atoms with Crippen LogP contribution in [0.3, 0.4) is 0 Å². The van der Waals surface area contributed by atoms with Crippen molar-refractivity contribution in [3.05, 3.63) is 32.7 Å². The van der Waals surface area contributed by atoms with Gasteiger partial charge in [-0.25, -0.2) is 0 Å². The fourth-order valence-corrected chi connectivity index (χ4v) is 3.03. The third-order valence-electron chi connectivity index (χ3n) is 2.17. The van der Waals surface area contributed by atoms with E-state index in [0.717, 1.165) is 32.9 Å². The van der Waals surface area contributed by atoms with Crippen molar-refractivity contribution in [1.29, 1.82) is 0 Å². The maximum absolute atomic E-state index is 6.21. The van der Waals surface area contributed by atoms with Crippen molar-refractivity contribution < 1.29 is 0 Å². The molecule has 1 heterocycles. The Hall–Kier alpha value is -0.160. The van der Waals surface area contributed by atoms with Gasteiger partial charge in [0.1, 0.15) is 10.0 Å². The first kappa shape index (κ1) is 13.3. The molecular weight excluding hydrogens is 343 g/mol. The van der Waals surface area contributed by atoms with Crippen LogP contribution in [0, 0.1) is 0 Å². The van der Waals surface area contributed by atoms with Crippen LogP contribution in [0.15, 0.2) is 22.7 Å². The second-order valence-corrected chi connectivity index (χ2v) is 6.07. The number of aryl methyl sites for hydroxylation is 1. The van der Waals surface area contributed by atoms with Crippen molar-refractivity contribution in [1.82, 2.24) is 10.2 Å². The smallest absolute Gasteiger partial charge is 0.143 e. The van der Waals surface area contributed by atoms with Gasteiger partial charge in [-0.05, 0) is 28.4 Å². The lowest BCUT2D eigenvalue weighted by molar-refractivity contribution is 0.884. The van der Waals surface area contributed by atoms with E-state index in [9.17, 15) is 0 Å². The van der Waals surface area contributed by atoms with Crippen LogP contribution in [0.25, 0.3) is 10.6 Å². The normalized spacial score (nSPS) is 10.8. The minimum Gasteiger partial charge on any atom is -0.143 e. The molecule has 0 spiro atoms. The number of aromatic nitrogens is 2. The first-order chi connectivity index (χ1) is 8.22. The van der Waals surface area contributed by atoms with Gasteiger partial charge in [-0.1, -0.05) is 35.1 Å². The summed E-state index contributed by atoms with van der Waals surface area (Å²) in [6.45, 7) is 0. The van der Waals surface area contributed by atoms with Crippen LogP contribution in [0.5, 0.6) is 0 Å². The first-order valence-corrected chi connectivity index (χ1v) is 7.57. The molecule has 1 aromatic carbocycles. The highest BCUT2D eigenvalue weighted by Gasteiger charge is 2.11. The lowest BCUT2D eigenvalue weighted by atomic mass is 10.2. The minimum absolute atomic E-state index is 0.645. The van der Waals surface area contributed by atoms with E-state index < -0.39 is 0 Å². The number of halogens is 3. The molecule has 0 saturated heterocycles. The van der Waals surface area contributed by atoms with Gasteiger partial charge in [0.2, 0.25) is 0 Å². The summed E-state index contributed by atoms with van der Waals surface area (Å²) in [4.78, 5) is 0. The van der Waals surface area contributed by atoms with Crippen molar-refractivity contribution in [3.63, 3.8) is 0 Å².